The first-order valence-electron chi connectivity index (χ1n) is 11.9. The van der Waals surface area contributed by atoms with E-state index >= 15 is 0 Å². The van der Waals surface area contributed by atoms with Gasteiger partial charge in [-0.05, 0) is 38.0 Å². The average molecular weight is 438 g/mol. The van der Waals surface area contributed by atoms with Crippen LogP contribution in [0.3, 0.4) is 0 Å². The summed E-state index contributed by atoms with van der Waals surface area (Å²) in [6.07, 6.45) is 14.5. The van der Waals surface area contributed by atoms with Crippen LogP contribution in [0.5, 0.6) is 0 Å². The second-order valence-corrected chi connectivity index (χ2v) is 9.58. The Morgan fingerprint density at radius 1 is 1.12 bits per heavy atom. The van der Waals surface area contributed by atoms with E-state index in [-0.39, 0.29) is 41.5 Å². The minimum absolute atomic E-state index is 0.0121. The summed E-state index contributed by atoms with van der Waals surface area (Å²) in [5.41, 5.74) is 0.822. The number of carbonyl (C=O) groups is 3. The number of nitrogens with one attached hydrogen (secondary N) is 1. The van der Waals surface area contributed by atoms with Crippen LogP contribution in [0.2, 0.25) is 0 Å². The summed E-state index contributed by atoms with van der Waals surface area (Å²) in [4.78, 5) is 51.7. The molecule has 1 aromatic heterocycles. The maximum Gasteiger partial charge on any atom is 0.243 e. The van der Waals surface area contributed by atoms with Gasteiger partial charge in [0.15, 0.2) is 0 Å². The molecule has 32 heavy (non-hydrogen) atoms. The van der Waals surface area contributed by atoms with E-state index < -0.39 is 6.04 Å². The second kappa shape index (κ2) is 9.00. The van der Waals surface area contributed by atoms with Gasteiger partial charge < -0.3 is 15.1 Å². The molecule has 4 atom stereocenters. The van der Waals surface area contributed by atoms with E-state index in [4.69, 9.17) is 0 Å². The predicted molar refractivity (Wildman–Crippen MR) is 117 cm³/mol. The smallest absolute Gasteiger partial charge is 0.243 e. The molecule has 0 aromatic carbocycles. The molecular weight excluding hydrogens is 406 g/mol. The number of allylic oxidation sites excluding steroid dienone is 2. The molecule has 1 aliphatic carbocycles. The van der Waals surface area contributed by atoms with Crippen LogP contribution in [0.4, 0.5) is 0 Å². The fourth-order valence-electron chi connectivity index (χ4n) is 6.13. The molecule has 3 aliphatic heterocycles. The lowest BCUT2D eigenvalue weighted by Gasteiger charge is -2.56. The zero-order chi connectivity index (χ0) is 22.1. The van der Waals surface area contributed by atoms with Gasteiger partial charge >= 0.3 is 0 Å². The molecule has 0 unspecified atom stereocenters. The number of hydrogen-bond donors (Lipinski definition) is 1. The third kappa shape index (κ3) is 4.02. The number of likely N-dealkylation sites (tertiary alicyclic amines) is 1. The van der Waals surface area contributed by atoms with Crippen LogP contribution in [0.15, 0.2) is 30.7 Å². The molecular formula is C24H31N5O3. The molecule has 1 N–H and O–H groups in total. The predicted octanol–water partition coefficient (Wildman–Crippen LogP) is 1.33. The van der Waals surface area contributed by atoms with E-state index in [2.05, 4.69) is 27.4 Å². The highest BCUT2D eigenvalue weighted by molar-refractivity contribution is 5.89. The Morgan fingerprint density at radius 2 is 1.94 bits per heavy atom. The van der Waals surface area contributed by atoms with Gasteiger partial charge in [0, 0.05) is 68.9 Å². The molecule has 170 valence electrons. The highest BCUT2D eigenvalue weighted by Gasteiger charge is 2.52. The summed E-state index contributed by atoms with van der Waals surface area (Å²) < 4.78 is 0. The molecule has 0 saturated carbocycles. The Balaban J connectivity index is 1.31. The summed E-state index contributed by atoms with van der Waals surface area (Å²) >= 11 is 0. The van der Waals surface area contributed by atoms with Crippen LogP contribution in [0, 0.1) is 17.8 Å². The molecule has 3 saturated heterocycles. The minimum atomic E-state index is -0.497. The van der Waals surface area contributed by atoms with Crippen LogP contribution in [0.1, 0.15) is 44.2 Å². The second-order valence-electron chi connectivity index (χ2n) is 9.58. The van der Waals surface area contributed by atoms with Crippen molar-refractivity contribution < 1.29 is 14.4 Å². The van der Waals surface area contributed by atoms with Crippen LogP contribution in [0.25, 0.3) is 0 Å². The van der Waals surface area contributed by atoms with E-state index in [9.17, 15) is 14.4 Å². The number of carbonyl (C=O) groups excluding carboxylic acids is 3. The van der Waals surface area contributed by atoms with Gasteiger partial charge in [0.05, 0.1) is 5.69 Å². The van der Waals surface area contributed by atoms with Crippen molar-refractivity contribution in [3.63, 3.8) is 0 Å². The van der Waals surface area contributed by atoms with Crippen LogP contribution < -0.4 is 5.32 Å². The zero-order valence-electron chi connectivity index (χ0n) is 18.4. The molecule has 0 radical (unpaired) electrons. The summed E-state index contributed by atoms with van der Waals surface area (Å²) in [5.74, 6) is 0.486. The average Bonchev–Trinajstić information content (AvgIpc) is 3.35. The first-order valence-corrected chi connectivity index (χ1v) is 11.9. The lowest BCUT2D eigenvalue weighted by molar-refractivity contribution is -0.163. The molecule has 8 nitrogen and oxygen atoms in total. The van der Waals surface area contributed by atoms with Gasteiger partial charge in [0.25, 0.3) is 0 Å². The number of rotatable bonds is 5. The maximum absolute atomic E-state index is 13.4. The summed E-state index contributed by atoms with van der Waals surface area (Å²) in [5, 5.41) is 3.04. The molecule has 4 heterocycles. The van der Waals surface area contributed by atoms with Crippen molar-refractivity contribution in [2.24, 2.45) is 17.8 Å². The largest absolute Gasteiger partial charge is 0.354 e. The van der Waals surface area contributed by atoms with Gasteiger partial charge in [-0.3, -0.25) is 24.4 Å². The van der Waals surface area contributed by atoms with Gasteiger partial charge in [0.2, 0.25) is 17.7 Å². The lowest BCUT2D eigenvalue weighted by Crippen LogP contribution is -2.69. The van der Waals surface area contributed by atoms with E-state index in [0.717, 1.165) is 37.8 Å². The van der Waals surface area contributed by atoms with E-state index in [1.165, 1.54) is 0 Å². The fraction of sp³-hybridized carbons (Fsp3) is 0.625. The first-order chi connectivity index (χ1) is 15.6. The SMILES string of the molecule is O=C(NCCc1cnccn1)[C@H]1[C@H]2C[C@H](CN(C(=O)C3CC=CC3)C2)[C@@H]2CCCC(=O)N21. The number of nitrogens with zero attached hydrogens (tertiary/aromatic N) is 4. The normalized spacial score (nSPS) is 29.7. The summed E-state index contributed by atoms with van der Waals surface area (Å²) in [6, 6.07) is -0.441. The Labute approximate surface area is 188 Å². The molecule has 2 bridgehead atoms. The topological polar surface area (TPSA) is 95.5 Å². The maximum atomic E-state index is 13.4. The van der Waals surface area contributed by atoms with Crippen molar-refractivity contribution in [2.45, 2.75) is 57.0 Å². The number of aromatic nitrogens is 2. The fourth-order valence-corrected chi connectivity index (χ4v) is 6.13. The Kier molecular flexibility index (Phi) is 5.93. The molecule has 3 fully saturated rings. The summed E-state index contributed by atoms with van der Waals surface area (Å²) in [7, 11) is 0. The van der Waals surface area contributed by atoms with Gasteiger partial charge in [-0.15, -0.1) is 0 Å². The number of amides is 3. The van der Waals surface area contributed by atoms with Crippen LogP contribution in [-0.4, -0.2) is 69.2 Å². The monoisotopic (exact) mass is 437 g/mol. The van der Waals surface area contributed by atoms with Crippen molar-refractivity contribution in [2.75, 3.05) is 19.6 Å². The Hall–Kier alpha value is -2.77. The van der Waals surface area contributed by atoms with Gasteiger partial charge in [-0.25, -0.2) is 0 Å². The molecule has 0 spiro atoms. The molecule has 3 amide bonds. The molecule has 5 rings (SSSR count). The van der Waals surface area contributed by atoms with E-state index in [1.807, 2.05) is 9.80 Å². The molecule has 8 heteroatoms. The quantitative estimate of drug-likeness (QED) is 0.701. The van der Waals surface area contributed by atoms with Gasteiger partial charge in [-0.2, -0.15) is 0 Å². The van der Waals surface area contributed by atoms with Crippen molar-refractivity contribution >= 4 is 17.7 Å². The number of piperidine rings is 3. The van der Waals surface area contributed by atoms with Crippen LogP contribution in [-0.2, 0) is 20.8 Å². The third-order valence-corrected chi connectivity index (χ3v) is 7.58. The highest BCUT2D eigenvalue weighted by Crippen LogP contribution is 2.42. The number of fused-ring (bicyclic) bond motifs is 4. The minimum Gasteiger partial charge on any atom is -0.354 e. The van der Waals surface area contributed by atoms with Crippen molar-refractivity contribution in [1.29, 1.82) is 0 Å². The molecule has 4 aliphatic rings. The van der Waals surface area contributed by atoms with Crippen molar-refractivity contribution in [3.05, 3.63) is 36.4 Å². The number of hydrogen-bond acceptors (Lipinski definition) is 5. The Bertz CT molecular complexity index is 896. The molecule has 1 aromatic rings. The Morgan fingerprint density at radius 3 is 2.72 bits per heavy atom. The van der Waals surface area contributed by atoms with E-state index in [0.29, 0.717) is 32.5 Å². The van der Waals surface area contributed by atoms with Crippen molar-refractivity contribution in [3.8, 4) is 0 Å². The summed E-state index contributed by atoms with van der Waals surface area (Å²) in [6.45, 7) is 1.72. The van der Waals surface area contributed by atoms with Crippen LogP contribution >= 0.6 is 0 Å². The van der Waals surface area contributed by atoms with Gasteiger partial charge in [0.1, 0.15) is 6.04 Å². The first kappa shape index (κ1) is 21.1. The van der Waals surface area contributed by atoms with E-state index in [1.54, 1.807) is 18.6 Å². The zero-order valence-corrected chi connectivity index (χ0v) is 18.4. The van der Waals surface area contributed by atoms with Gasteiger partial charge in [-0.1, -0.05) is 12.2 Å². The van der Waals surface area contributed by atoms with Crippen molar-refractivity contribution in [1.82, 2.24) is 25.1 Å². The highest BCUT2D eigenvalue weighted by atomic mass is 16.2. The standard InChI is InChI=1S/C24H31N5O3/c30-21-7-3-6-20-17-12-18(15-28(14-17)24(32)16-4-1-2-5-16)22(29(20)21)23(31)27-9-8-19-13-25-10-11-26-19/h1-2,10-11,13,16-18,20,22H,3-9,12,14-15H2,(H,27,31)/t17-,18+,20+,22-/m1/s1. The third-order valence-electron chi connectivity index (χ3n) is 7.58. The lowest BCUT2D eigenvalue weighted by atomic mass is 9.71.